The van der Waals surface area contributed by atoms with Crippen LogP contribution in [-0.2, 0) is 21.2 Å². The molecule has 1 rings (SSSR count). The van der Waals surface area contributed by atoms with E-state index in [-0.39, 0.29) is 11.5 Å². The summed E-state index contributed by atoms with van der Waals surface area (Å²) in [5, 5.41) is 0. The number of carbonyl (C=O) groups is 1. The van der Waals surface area contributed by atoms with Crippen molar-refractivity contribution in [3.8, 4) is 0 Å². The lowest BCUT2D eigenvalue weighted by Crippen LogP contribution is -2.29. The first-order valence-corrected chi connectivity index (χ1v) is 6.77. The second-order valence-electron chi connectivity index (χ2n) is 3.95. The Bertz CT molecular complexity index is 550. The number of carbonyl (C=O) groups excluding carboxylic acids is 1. The summed E-state index contributed by atoms with van der Waals surface area (Å²) in [7, 11) is -5.39. The first-order chi connectivity index (χ1) is 8.62. The molecule has 0 amide bonds. The van der Waals surface area contributed by atoms with Crippen molar-refractivity contribution in [1.82, 2.24) is 0 Å². The molecule has 106 valence electrons. The normalized spacial score (nSPS) is 12.2. The Morgan fingerprint density at radius 3 is 2.16 bits per heavy atom. The van der Waals surface area contributed by atoms with Crippen molar-refractivity contribution in [3.63, 3.8) is 0 Å². The molecule has 0 aliphatic heterocycles. The number of sulfonamides is 1. The fourth-order valence-corrected chi connectivity index (χ4v) is 1.83. The molecule has 8 heteroatoms. The molecule has 0 saturated heterocycles. The largest absolute Gasteiger partial charge is 0.516 e. The van der Waals surface area contributed by atoms with E-state index >= 15 is 0 Å². The van der Waals surface area contributed by atoms with Crippen molar-refractivity contribution in [1.29, 1.82) is 0 Å². The minimum absolute atomic E-state index is 0.00171. The summed E-state index contributed by atoms with van der Waals surface area (Å²) in [6, 6.07) is 5.38. The molecule has 0 unspecified atom stereocenters. The lowest BCUT2D eigenvalue weighted by atomic mass is 10.1. The number of benzene rings is 1. The van der Waals surface area contributed by atoms with Crippen LogP contribution >= 0.6 is 0 Å². The molecule has 1 N–H and O–H groups in total. The first kappa shape index (κ1) is 15.5. The Kier molecular flexibility index (Phi) is 4.56. The summed E-state index contributed by atoms with van der Waals surface area (Å²) in [6.45, 7) is 1.44. The molecule has 0 heterocycles. The average molecular weight is 295 g/mol. The van der Waals surface area contributed by atoms with Gasteiger partial charge in [-0.1, -0.05) is 12.1 Å². The fraction of sp³-hybridized carbons (Fsp3) is 0.364. The predicted molar refractivity (Wildman–Crippen MR) is 64.0 cm³/mol. The number of alkyl halides is 3. The molecule has 0 aromatic heterocycles. The van der Waals surface area contributed by atoms with E-state index < -0.39 is 15.5 Å². The van der Waals surface area contributed by atoms with Gasteiger partial charge in [0.05, 0.1) is 0 Å². The van der Waals surface area contributed by atoms with Crippen molar-refractivity contribution in [3.05, 3.63) is 29.8 Å². The summed E-state index contributed by atoms with van der Waals surface area (Å²) in [6.07, 6.45) is 0.787. The minimum atomic E-state index is -5.39. The van der Waals surface area contributed by atoms with Gasteiger partial charge in [-0.05, 0) is 31.0 Å². The fourth-order valence-electron chi connectivity index (χ4n) is 1.27. The highest BCUT2D eigenvalue weighted by molar-refractivity contribution is 7.93. The maximum Gasteiger partial charge on any atom is 0.516 e. The van der Waals surface area contributed by atoms with Gasteiger partial charge in [0.25, 0.3) is 0 Å². The van der Waals surface area contributed by atoms with Gasteiger partial charge in [0.1, 0.15) is 5.78 Å². The summed E-state index contributed by atoms with van der Waals surface area (Å²) in [4.78, 5) is 10.8. The topological polar surface area (TPSA) is 63.2 Å². The van der Waals surface area contributed by atoms with Crippen LogP contribution in [-0.4, -0.2) is 19.7 Å². The van der Waals surface area contributed by atoms with Gasteiger partial charge in [-0.3, -0.25) is 4.72 Å². The van der Waals surface area contributed by atoms with Crippen molar-refractivity contribution in [2.45, 2.75) is 25.3 Å². The molecule has 0 atom stereocenters. The monoisotopic (exact) mass is 295 g/mol. The molecule has 0 saturated carbocycles. The van der Waals surface area contributed by atoms with E-state index in [4.69, 9.17) is 0 Å². The average Bonchev–Trinajstić information content (AvgIpc) is 2.26. The Hall–Kier alpha value is -1.57. The zero-order valence-electron chi connectivity index (χ0n) is 9.99. The highest BCUT2D eigenvalue weighted by Gasteiger charge is 2.45. The molecule has 19 heavy (non-hydrogen) atoms. The quantitative estimate of drug-likeness (QED) is 0.907. The van der Waals surface area contributed by atoms with Gasteiger partial charge in [-0.25, -0.2) is 0 Å². The van der Waals surface area contributed by atoms with E-state index in [0.29, 0.717) is 12.8 Å². The zero-order valence-corrected chi connectivity index (χ0v) is 10.8. The van der Waals surface area contributed by atoms with Crippen LogP contribution in [0.25, 0.3) is 0 Å². The molecule has 4 nitrogen and oxygen atoms in total. The number of hydrogen-bond donors (Lipinski definition) is 1. The van der Waals surface area contributed by atoms with E-state index in [0.717, 1.165) is 5.56 Å². The van der Waals surface area contributed by atoms with Crippen LogP contribution in [0.2, 0.25) is 0 Å². The van der Waals surface area contributed by atoms with Crippen LogP contribution < -0.4 is 4.72 Å². The summed E-state index contributed by atoms with van der Waals surface area (Å²) < 4.78 is 59.5. The third-order valence-corrected chi connectivity index (χ3v) is 3.39. The number of Topliss-reactive ketones (excluding diaryl/α,β-unsaturated/α-hetero) is 1. The van der Waals surface area contributed by atoms with Crippen molar-refractivity contribution in [2.24, 2.45) is 0 Å². The lowest BCUT2D eigenvalue weighted by Gasteiger charge is -2.10. The zero-order chi connectivity index (χ0) is 14.7. The van der Waals surface area contributed by atoms with Crippen LogP contribution in [0.3, 0.4) is 0 Å². The highest BCUT2D eigenvalue weighted by atomic mass is 32.2. The Labute approximate surface area is 108 Å². The Morgan fingerprint density at radius 1 is 1.21 bits per heavy atom. The maximum absolute atomic E-state index is 12.1. The van der Waals surface area contributed by atoms with E-state index in [1.165, 1.54) is 35.9 Å². The van der Waals surface area contributed by atoms with Crippen LogP contribution in [0.4, 0.5) is 18.9 Å². The van der Waals surface area contributed by atoms with Gasteiger partial charge in [0.15, 0.2) is 0 Å². The third kappa shape index (κ3) is 4.55. The lowest BCUT2D eigenvalue weighted by molar-refractivity contribution is -0.116. The summed E-state index contributed by atoms with van der Waals surface area (Å²) >= 11 is 0. The molecule has 0 aliphatic carbocycles. The predicted octanol–water partition coefficient (Wildman–Crippen LogP) is 2.47. The molecular formula is C11H12F3NO3S. The second kappa shape index (κ2) is 5.60. The number of rotatable bonds is 5. The standard InChI is InChI=1S/C11H12F3NO3S/c1-8(16)2-3-9-4-6-10(7-5-9)15-19(17,18)11(12,13)14/h4-7,15H,2-3H2,1H3. The maximum atomic E-state index is 12.1. The van der Waals surface area contributed by atoms with Gasteiger partial charge < -0.3 is 4.79 Å². The van der Waals surface area contributed by atoms with Gasteiger partial charge in [-0.15, -0.1) is 0 Å². The van der Waals surface area contributed by atoms with E-state index in [1.54, 1.807) is 0 Å². The molecule has 0 fully saturated rings. The number of ketones is 1. The number of nitrogens with one attached hydrogen (secondary N) is 1. The minimum Gasteiger partial charge on any atom is -0.300 e. The van der Waals surface area contributed by atoms with E-state index in [1.807, 2.05) is 0 Å². The van der Waals surface area contributed by atoms with Crippen LogP contribution in [0, 0.1) is 0 Å². The van der Waals surface area contributed by atoms with E-state index in [9.17, 15) is 26.4 Å². The smallest absolute Gasteiger partial charge is 0.300 e. The van der Waals surface area contributed by atoms with Crippen molar-refractivity contribution < 1.29 is 26.4 Å². The van der Waals surface area contributed by atoms with Crippen LogP contribution in [0.5, 0.6) is 0 Å². The van der Waals surface area contributed by atoms with Gasteiger partial charge in [0, 0.05) is 12.1 Å². The number of anilines is 1. The molecular weight excluding hydrogens is 283 g/mol. The van der Waals surface area contributed by atoms with Gasteiger partial charge in [-0.2, -0.15) is 21.6 Å². The molecule has 0 bridgehead atoms. The SMILES string of the molecule is CC(=O)CCc1ccc(NS(=O)(=O)C(F)(F)F)cc1. The number of aryl methyl sites for hydroxylation is 1. The van der Waals surface area contributed by atoms with Crippen LogP contribution in [0.15, 0.2) is 24.3 Å². The third-order valence-electron chi connectivity index (χ3n) is 2.28. The molecule has 0 aliphatic rings. The Morgan fingerprint density at radius 2 is 1.74 bits per heavy atom. The summed E-state index contributed by atoms with van der Waals surface area (Å²) in [5.41, 5.74) is -4.78. The van der Waals surface area contributed by atoms with Crippen molar-refractivity contribution in [2.75, 3.05) is 4.72 Å². The highest BCUT2D eigenvalue weighted by Crippen LogP contribution is 2.25. The first-order valence-electron chi connectivity index (χ1n) is 5.29. The number of halogens is 3. The second-order valence-corrected chi connectivity index (χ2v) is 5.62. The van der Waals surface area contributed by atoms with Gasteiger partial charge in [0.2, 0.25) is 0 Å². The molecule has 0 spiro atoms. The Balaban J connectivity index is 2.75. The van der Waals surface area contributed by atoms with Crippen LogP contribution in [0.1, 0.15) is 18.9 Å². The van der Waals surface area contributed by atoms with Gasteiger partial charge >= 0.3 is 15.5 Å². The molecule has 1 aromatic carbocycles. The van der Waals surface area contributed by atoms with E-state index in [2.05, 4.69) is 0 Å². The molecule has 0 radical (unpaired) electrons. The number of hydrogen-bond acceptors (Lipinski definition) is 3. The molecule has 1 aromatic rings. The summed E-state index contributed by atoms with van der Waals surface area (Å²) in [5.74, 6) is 0.00171. The van der Waals surface area contributed by atoms with Crippen molar-refractivity contribution >= 4 is 21.5 Å².